The Hall–Kier alpha value is -3.07. The van der Waals surface area contributed by atoms with E-state index in [1.807, 2.05) is 19.1 Å². The van der Waals surface area contributed by atoms with Gasteiger partial charge in [0.1, 0.15) is 5.75 Å². The smallest absolute Gasteiger partial charge is 0.162 e. The number of fused-ring (bicyclic) bond motifs is 4. The number of Topliss-reactive ketones (excluding diaryl/α,β-unsaturated/α-hetero) is 1. The molecule has 5 rings (SSSR count). The van der Waals surface area contributed by atoms with Crippen LogP contribution in [0.5, 0.6) is 5.75 Å². The van der Waals surface area contributed by atoms with Crippen LogP contribution in [0.3, 0.4) is 0 Å². The number of hydrogen-bond donors (Lipinski definition) is 1. The number of nitrogens with one attached hydrogen (secondary N) is 1. The lowest BCUT2D eigenvalue weighted by atomic mass is 9.68. The monoisotopic (exact) mass is 397 g/mol. The van der Waals surface area contributed by atoms with Crippen molar-refractivity contribution in [3.05, 3.63) is 77.4 Å². The van der Waals surface area contributed by atoms with Crippen LogP contribution in [0, 0.1) is 5.41 Å². The fourth-order valence-electron chi connectivity index (χ4n) is 5.01. The summed E-state index contributed by atoms with van der Waals surface area (Å²) in [4.78, 5) is 13.4. The Balaban J connectivity index is 1.71. The summed E-state index contributed by atoms with van der Waals surface area (Å²) in [6.07, 6.45) is 1.49. The van der Waals surface area contributed by atoms with Gasteiger partial charge in [-0.3, -0.25) is 4.79 Å². The summed E-state index contributed by atoms with van der Waals surface area (Å²) < 4.78 is 5.61. The molecule has 1 aliphatic carbocycles. The molecule has 152 valence electrons. The van der Waals surface area contributed by atoms with Crippen LogP contribution in [-0.2, 0) is 4.79 Å². The fraction of sp³-hybridized carbons (Fsp3) is 0.296. The molecule has 1 atom stereocenters. The Labute approximate surface area is 177 Å². The minimum Gasteiger partial charge on any atom is -0.494 e. The van der Waals surface area contributed by atoms with Gasteiger partial charge in [-0.2, -0.15) is 0 Å². The highest BCUT2D eigenvalue weighted by Crippen LogP contribution is 2.52. The Morgan fingerprint density at radius 3 is 2.53 bits per heavy atom. The first-order chi connectivity index (χ1) is 14.5. The van der Waals surface area contributed by atoms with Crippen molar-refractivity contribution in [1.82, 2.24) is 0 Å². The second-order valence-corrected chi connectivity index (χ2v) is 9.12. The van der Waals surface area contributed by atoms with E-state index in [0.29, 0.717) is 13.0 Å². The number of rotatable bonds is 3. The largest absolute Gasteiger partial charge is 0.494 e. The zero-order chi connectivity index (χ0) is 20.9. The van der Waals surface area contributed by atoms with Crippen molar-refractivity contribution in [2.75, 3.05) is 11.9 Å². The first-order valence-corrected chi connectivity index (χ1v) is 10.7. The molecule has 0 saturated carbocycles. The maximum Gasteiger partial charge on any atom is 0.162 e. The molecule has 0 saturated heterocycles. The molecule has 2 aliphatic rings. The fourth-order valence-corrected chi connectivity index (χ4v) is 5.01. The lowest BCUT2D eigenvalue weighted by molar-refractivity contribution is -0.118. The number of carbonyl (C=O) groups excluding carboxylic acids is 1. The molecule has 3 nitrogen and oxygen atoms in total. The minimum absolute atomic E-state index is 0.0369. The van der Waals surface area contributed by atoms with Gasteiger partial charge in [-0.05, 0) is 58.9 Å². The van der Waals surface area contributed by atoms with Crippen LogP contribution in [0.25, 0.3) is 16.3 Å². The van der Waals surface area contributed by atoms with Crippen LogP contribution in [0.1, 0.15) is 50.8 Å². The molecule has 3 aromatic carbocycles. The second-order valence-electron chi connectivity index (χ2n) is 9.12. The highest BCUT2D eigenvalue weighted by Gasteiger charge is 2.40. The van der Waals surface area contributed by atoms with Gasteiger partial charge in [-0.1, -0.05) is 56.3 Å². The molecule has 3 aromatic rings. The van der Waals surface area contributed by atoms with E-state index in [2.05, 4.69) is 67.7 Å². The minimum atomic E-state index is -0.132. The average Bonchev–Trinajstić information content (AvgIpc) is 2.72. The van der Waals surface area contributed by atoms with E-state index in [-0.39, 0.29) is 17.2 Å². The maximum absolute atomic E-state index is 13.4. The number of ether oxygens (including phenoxy) is 1. The summed E-state index contributed by atoms with van der Waals surface area (Å²) in [5, 5.41) is 6.12. The summed E-state index contributed by atoms with van der Waals surface area (Å²) >= 11 is 0. The van der Waals surface area contributed by atoms with E-state index in [0.717, 1.165) is 29.0 Å². The highest BCUT2D eigenvalue weighted by atomic mass is 16.5. The third kappa shape index (κ3) is 3.09. The van der Waals surface area contributed by atoms with E-state index in [1.54, 1.807) is 0 Å². The zero-order valence-electron chi connectivity index (χ0n) is 17.8. The lowest BCUT2D eigenvalue weighted by Crippen LogP contribution is -2.33. The predicted octanol–water partition coefficient (Wildman–Crippen LogP) is 6.55. The Kier molecular flexibility index (Phi) is 4.43. The van der Waals surface area contributed by atoms with Crippen molar-refractivity contribution < 1.29 is 9.53 Å². The Morgan fingerprint density at radius 2 is 1.77 bits per heavy atom. The van der Waals surface area contributed by atoms with Gasteiger partial charge in [0, 0.05) is 23.2 Å². The molecule has 1 heterocycles. The molecule has 0 bridgehead atoms. The van der Waals surface area contributed by atoms with Crippen molar-refractivity contribution in [2.45, 2.75) is 39.7 Å². The van der Waals surface area contributed by atoms with Crippen LogP contribution < -0.4 is 10.1 Å². The Bertz CT molecular complexity index is 1170. The molecule has 0 spiro atoms. The topological polar surface area (TPSA) is 38.3 Å². The van der Waals surface area contributed by atoms with E-state index in [9.17, 15) is 4.79 Å². The molecule has 0 amide bonds. The molecular weight excluding hydrogens is 370 g/mol. The molecule has 3 heteroatoms. The molecule has 1 aliphatic heterocycles. The zero-order valence-corrected chi connectivity index (χ0v) is 17.8. The van der Waals surface area contributed by atoms with E-state index in [1.165, 1.54) is 21.9 Å². The van der Waals surface area contributed by atoms with Crippen LogP contribution >= 0.6 is 0 Å². The van der Waals surface area contributed by atoms with E-state index in [4.69, 9.17) is 4.74 Å². The molecule has 0 radical (unpaired) electrons. The Morgan fingerprint density at radius 1 is 1.00 bits per heavy atom. The van der Waals surface area contributed by atoms with Gasteiger partial charge in [-0.15, -0.1) is 0 Å². The van der Waals surface area contributed by atoms with E-state index >= 15 is 0 Å². The van der Waals surface area contributed by atoms with Gasteiger partial charge in [0.2, 0.25) is 0 Å². The first kappa shape index (κ1) is 18.9. The summed E-state index contributed by atoms with van der Waals surface area (Å²) in [5.41, 5.74) is 5.51. The third-order valence-corrected chi connectivity index (χ3v) is 6.26. The quantitative estimate of drug-likeness (QED) is 0.545. The summed E-state index contributed by atoms with van der Waals surface area (Å²) in [6.45, 7) is 7.03. The maximum atomic E-state index is 13.4. The SMILES string of the molecule is CCOc1ccc([C@H]2Nc3ccc4ccccc4c3C3=C2C(=O)CC(C)(C)C3)cc1. The first-order valence-electron chi connectivity index (χ1n) is 10.7. The van der Waals surface area contributed by atoms with Crippen LogP contribution in [0.15, 0.2) is 66.2 Å². The van der Waals surface area contributed by atoms with Crippen LogP contribution in [-0.4, -0.2) is 12.4 Å². The molecular formula is C27H27NO2. The van der Waals surface area contributed by atoms with Crippen LogP contribution in [0.2, 0.25) is 0 Å². The average molecular weight is 398 g/mol. The summed E-state index contributed by atoms with van der Waals surface area (Å²) in [7, 11) is 0. The number of carbonyl (C=O) groups is 1. The summed E-state index contributed by atoms with van der Waals surface area (Å²) in [6, 6.07) is 20.8. The van der Waals surface area contributed by atoms with Gasteiger partial charge in [0.25, 0.3) is 0 Å². The van der Waals surface area contributed by atoms with Crippen molar-refractivity contribution in [3.8, 4) is 5.75 Å². The van der Waals surface area contributed by atoms with Gasteiger partial charge < -0.3 is 10.1 Å². The van der Waals surface area contributed by atoms with Gasteiger partial charge in [0.05, 0.1) is 12.6 Å². The number of ketones is 1. The third-order valence-electron chi connectivity index (χ3n) is 6.26. The standard InChI is InChI=1S/C27H27NO2/c1-4-30-19-12-9-18(10-13-19)26-25-21(15-27(2,3)16-23(25)29)24-20-8-6-5-7-17(20)11-14-22(24)28-26/h5-14,26,28H,4,15-16H2,1-3H3/t26-/m1/s1. The van der Waals surface area contributed by atoms with Crippen LogP contribution in [0.4, 0.5) is 5.69 Å². The van der Waals surface area contributed by atoms with Gasteiger partial charge >= 0.3 is 0 Å². The predicted molar refractivity (Wildman–Crippen MR) is 123 cm³/mol. The lowest BCUT2D eigenvalue weighted by Gasteiger charge is -2.40. The number of allylic oxidation sites excluding steroid dienone is 1. The molecule has 0 fully saturated rings. The number of hydrogen-bond acceptors (Lipinski definition) is 3. The second kappa shape index (κ2) is 7.02. The van der Waals surface area contributed by atoms with Gasteiger partial charge in [-0.25, -0.2) is 0 Å². The highest BCUT2D eigenvalue weighted by molar-refractivity contribution is 6.12. The molecule has 1 N–H and O–H groups in total. The van der Waals surface area contributed by atoms with Crippen molar-refractivity contribution in [1.29, 1.82) is 0 Å². The molecule has 30 heavy (non-hydrogen) atoms. The van der Waals surface area contributed by atoms with Crippen molar-refractivity contribution in [2.24, 2.45) is 5.41 Å². The molecule has 0 aromatic heterocycles. The van der Waals surface area contributed by atoms with Crippen molar-refractivity contribution in [3.63, 3.8) is 0 Å². The molecule has 0 unspecified atom stereocenters. The van der Waals surface area contributed by atoms with Gasteiger partial charge in [0.15, 0.2) is 5.78 Å². The van der Waals surface area contributed by atoms with E-state index < -0.39 is 0 Å². The van der Waals surface area contributed by atoms with Crippen molar-refractivity contribution >= 4 is 27.8 Å². The normalized spacial score (nSPS) is 19.8. The number of benzene rings is 3. The summed E-state index contributed by atoms with van der Waals surface area (Å²) in [5.74, 6) is 1.11. The number of anilines is 1.